The Morgan fingerprint density at radius 3 is 2.18 bits per heavy atom. The Bertz CT molecular complexity index is 1640. The topological polar surface area (TPSA) is 167 Å². The van der Waals surface area contributed by atoms with E-state index < -0.39 is 49.6 Å². The van der Waals surface area contributed by atoms with Crippen LogP contribution in [0, 0.1) is 20.2 Å². The van der Waals surface area contributed by atoms with Gasteiger partial charge in [-0.2, -0.15) is 0 Å². The maximum Gasteiger partial charge on any atom is 0.300 e. The van der Waals surface area contributed by atoms with Gasteiger partial charge in [0.05, 0.1) is 35.0 Å². The molecule has 1 fully saturated rings. The van der Waals surface area contributed by atoms with Gasteiger partial charge < -0.3 is 13.6 Å². The van der Waals surface area contributed by atoms with E-state index >= 15 is 0 Å². The summed E-state index contributed by atoms with van der Waals surface area (Å²) in [4.78, 5) is 43.6. The van der Waals surface area contributed by atoms with Crippen molar-refractivity contribution in [2.45, 2.75) is 103 Å². The van der Waals surface area contributed by atoms with Crippen LogP contribution in [0.3, 0.4) is 0 Å². The lowest BCUT2D eigenvalue weighted by atomic mass is 10.2. The molecule has 0 N–H and O–H groups in total. The first kappa shape index (κ1) is 33.6. The summed E-state index contributed by atoms with van der Waals surface area (Å²) in [6.07, 6.45) is 1.96. The smallest absolute Gasteiger partial charge is 0.300 e. The largest absolute Gasteiger partial charge is 0.414 e. The molecule has 1 aliphatic heterocycles. The van der Waals surface area contributed by atoms with Gasteiger partial charge in [0.2, 0.25) is 0 Å². The highest BCUT2D eigenvalue weighted by atomic mass is 28.4. The van der Waals surface area contributed by atoms with Crippen LogP contribution >= 0.6 is 0 Å². The van der Waals surface area contributed by atoms with Crippen LogP contribution in [0.15, 0.2) is 35.6 Å². The summed E-state index contributed by atoms with van der Waals surface area (Å²) in [6.45, 7) is 22.2. The highest BCUT2D eigenvalue weighted by molar-refractivity contribution is 6.74. The predicted molar refractivity (Wildman–Crippen MR) is 170 cm³/mol. The average molecular weight is 647 g/mol. The van der Waals surface area contributed by atoms with E-state index in [4.69, 9.17) is 13.6 Å². The lowest BCUT2D eigenvalue weighted by Gasteiger charge is -2.40. The predicted octanol–water partition coefficient (Wildman–Crippen LogP) is 6.10. The standard InChI is InChI=1S/C28H42N6O8Si2/c1-27(2,3)43(7,8)40-15-22-21(42-44(9,10)28(4,5)6)14-23(41-22)32-16-29-24-25(32)30-17-31(26(24)35)19-12-11-18(33(36)37)13-20(19)34(38)39/h11-13,16-17,21-23H,14-15H2,1-10H3/t21-,22+,23+/m0/s1. The molecule has 2 aromatic heterocycles. The van der Waals surface area contributed by atoms with E-state index in [0.29, 0.717) is 13.0 Å². The van der Waals surface area contributed by atoms with Gasteiger partial charge in [-0.3, -0.25) is 34.2 Å². The van der Waals surface area contributed by atoms with E-state index in [1.807, 2.05) is 0 Å². The van der Waals surface area contributed by atoms with Crippen LogP contribution in [0.4, 0.5) is 11.4 Å². The second-order valence-electron chi connectivity index (χ2n) is 14.3. The number of benzene rings is 1. The van der Waals surface area contributed by atoms with Gasteiger partial charge in [0.15, 0.2) is 27.8 Å². The third-order valence-electron chi connectivity index (χ3n) is 9.27. The molecule has 0 amide bonds. The molecule has 0 aliphatic carbocycles. The number of nitro groups is 2. The van der Waals surface area contributed by atoms with E-state index in [-0.39, 0.29) is 39.1 Å². The molecule has 1 aromatic carbocycles. The molecule has 1 aliphatic rings. The Balaban J connectivity index is 1.70. The number of hydrogen-bond donors (Lipinski definition) is 0. The second kappa shape index (κ2) is 11.6. The van der Waals surface area contributed by atoms with E-state index in [0.717, 1.165) is 29.1 Å². The van der Waals surface area contributed by atoms with Gasteiger partial charge >= 0.3 is 0 Å². The van der Waals surface area contributed by atoms with Crippen LogP contribution in [-0.4, -0.2) is 64.4 Å². The molecule has 0 saturated carbocycles. The molecule has 3 atom stereocenters. The van der Waals surface area contributed by atoms with Crippen molar-refractivity contribution in [3.8, 4) is 5.69 Å². The Kier molecular flexibility index (Phi) is 8.82. The molecule has 0 unspecified atom stereocenters. The molecule has 4 rings (SSSR count). The summed E-state index contributed by atoms with van der Waals surface area (Å²) in [7, 11) is -4.27. The first-order valence-corrected chi connectivity index (χ1v) is 20.3. The minimum atomic E-state index is -2.19. The lowest BCUT2D eigenvalue weighted by Crippen LogP contribution is -2.48. The monoisotopic (exact) mass is 646 g/mol. The molecule has 0 spiro atoms. The summed E-state index contributed by atoms with van der Waals surface area (Å²) >= 11 is 0. The number of nitro benzene ring substituents is 2. The van der Waals surface area contributed by atoms with Crippen molar-refractivity contribution in [2.75, 3.05) is 6.61 Å². The first-order chi connectivity index (χ1) is 20.1. The number of non-ortho nitro benzene ring substituents is 1. The molecule has 3 aromatic rings. The highest BCUT2D eigenvalue weighted by Gasteiger charge is 2.47. The Hall–Kier alpha value is -3.32. The van der Waals surface area contributed by atoms with Crippen LogP contribution < -0.4 is 5.56 Å². The zero-order valence-corrected chi connectivity index (χ0v) is 29.0. The summed E-state index contributed by atoms with van der Waals surface area (Å²) in [6, 6.07) is 3.06. The molecule has 16 heteroatoms. The minimum absolute atomic E-state index is 0.0178. The number of fused-ring (bicyclic) bond motifs is 1. The fourth-order valence-corrected chi connectivity index (χ4v) is 6.85. The number of nitrogens with zero attached hydrogens (tertiary/aromatic N) is 6. The molecular weight excluding hydrogens is 605 g/mol. The van der Waals surface area contributed by atoms with Gasteiger partial charge in [-0.25, -0.2) is 9.97 Å². The van der Waals surface area contributed by atoms with Crippen molar-refractivity contribution in [2.24, 2.45) is 0 Å². The first-order valence-electron chi connectivity index (χ1n) is 14.5. The van der Waals surface area contributed by atoms with E-state index in [1.165, 1.54) is 6.33 Å². The van der Waals surface area contributed by atoms with Gasteiger partial charge in [0.25, 0.3) is 16.9 Å². The van der Waals surface area contributed by atoms with Crippen LogP contribution in [-0.2, 0) is 13.6 Å². The summed E-state index contributed by atoms with van der Waals surface area (Å²) in [5.41, 5.74) is -1.65. The van der Waals surface area contributed by atoms with Gasteiger partial charge in [0, 0.05) is 12.5 Å². The Morgan fingerprint density at radius 1 is 0.977 bits per heavy atom. The molecular formula is C28H42N6O8Si2. The van der Waals surface area contributed by atoms with Crippen molar-refractivity contribution >= 4 is 39.2 Å². The number of ether oxygens (including phenoxy) is 1. The normalized spacial score (nSPS) is 19.9. The van der Waals surface area contributed by atoms with Gasteiger partial charge in [0.1, 0.15) is 24.3 Å². The summed E-state index contributed by atoms with van der Waals surface area (Å²) in [5, 5.41) is 22.9. The quantitative estimate of drug-likeness (QED) is 0.151. The van der Waals surface area contributed by atoms with Crippen LogP contribution in [0.5, 0.6) is 0 Å². The Labute approximate surface area is 257 Å². The molecule has 1 saturated heterocycles. The number of imidazole rings is 1. The van der Waals surface area contributed by atoms with Crippen molar-refractivity contribution in [1.29, 1.82) is 0 Å². The molecule has 44 heavy (non-hydrogen) atoms. The van der Waals surface area contributed by atoms with Crippen molar-refractivity contribution in [1.82, 2.24) is 19.1 Å². The van der Waals surface area contributed by atoms with Crippen LogP contribution in [0.25, 0.3) is 16.9 Å². The maximum atomic E-state index is 13.5. The second-order valence-corrected chi connectivity index (χ2v) is 23.8. The Morgan fingerprint density at radius 2 is 1.61 bits per heavy atom. The van der Waals surface area contributed by atoms with E-state index in [9.17, 15) is 25.0 Å². The van der Waals surface area contributed by atoms with Crippen LogP contribution in [0.1, 0.15) is 54.2 Å². The van der Waals surface area contributed by atoms with E-state index in [1.54, 1.807) is 4.57 Å². The van der Waals surface area contributed by atoms with Crippen molar-refractivity contribution in [3.63, 3.8) is 0 Å². The number of rotatable bonds is 9. The van der Waals surface area contributed by atoms with Crippen molar-refractivity contribution < 1.29 is 23.4 Å². The zero-order valence-electron chi connectivity index (χ0n) is 27.0. The number of aromatic nitrogens is 4. The zero-order chi connectivity index (χ0) is 33.0. The average Bonchev–Trinajstić information content (AvgIpc) is 3.50. The van der Waals surface area contributed by atoms with Gasteiger partial charge in [-0.05, 0) is 42.3 Å². The summed E-state index contributed by atoms with van der Waals surface area (Å²) in [5.74, 6) is 0. The fourth-order valence-electron chi connectivity index (χ4n) is 4.48. The molecule has 240 valence electrons. The van der Waals surface area contributed by atoms with Crippen LogP contribution in [0.2, 0.25) is 36.3 Å². The SMILES string of the molecule is CC(C)(C)[Si](C)(C)OC[C@H]1O[C@@H](n2cnc3c(=O)n(-c4ccc([N+](=O)[O-])cc4[N+](=O)[O-])cnc32)C[C@@H]1O[Si](C)(C)C(C)(C)C. The molecule has 0 bridgehead atoms. The van der Waals surface area contributed by atoms with E-state index in [2.05, 4.69) is 77.7 Å². The molecule has 0 radical (unpaired) electrons. The highest BCUT2D eigenvalue weighted by Crippen LogP contribution is 2.43. The minimum Gasteiger partial charge on any atom is -0.414 e. The number of hydrogen-bond acceptors (Lipinski definition) is 10. The van der Waals surface area contributed by atoms with Gasteiger partial charge in [-0.15, -0.1) is 0 Å². The fraction of sp³-hybridized carbons (Fsp3) is 0.607. The van der Waals surface area contributed by atoms with Gasteiger partial charge in [-0.1, -0.05) is 41.5 Å². The lowest BCUT2D eigenvalue weighted by molar-refractivity contribution is -0.394. The molecule has 3 heterocycles. The third-order valence-corrected chi connectivity index (χ3v) is 18.3. The summed E-state index contributed by atoms with van der Waals surface area (Å²) < 4.78 is 22.6. The maximum absolute atomic E-state index is 13.5. The third kappa shape index (κ3) is 6.39. The molecule has 14 nitrogen and oxygen atoms in total. The van der Waals surface area contributed by atoms with Crippen molar-refractivity contribution in [3.05, 3.63) is 61.4 Å².